The molecule has 176 valence electrons. The molecule has 0 saturated carbocycles. The molecular weight excluding hydrogens is 433 g/mol. The molecule has 0 spiro atoms. The van der Waals surface area contributed by atoms with Crippen molar-refractivity contribution in [3.8, 4) is 16.9 Å². The van der Waals surface area contributed by atoms with Crippen LogP contribution in [0.3, 0.4) is 0 Å². The van der Waals surface area contributed by atoms with Gasteiger partial charge in [0.1, 0.15) is 24.5 Å². The van der Waals surface area contributed by atoms with Crippen molar-refractivity contribution in [1.82, 2.24) is 0 Å². The molecule has 0 aliphatic rings. The number of aliphatic hydroxyl groups is 1. The summed E-state index contributed by atoms with van der Waals surface area (Å²) in [6.07, 6.45) is -1.52. The van der Waals surface area contributed by atoms with E-state index >= 15 is 0 Å². The van der Waals surface area contributed by atoms with Gasteiger partial charge in [-0.25, -0.2) is 13.2 Å². The van der Waals surface area contributed by atoms with Gasteiger partial charge in [0.15, 0.2) is 0 Å². The highest BCUT2D eigenvalue weighted by atomic mass is 19.3. The molecule has 3 rings (SSSR count). The Bertz CT molecular complexity index is 1050. The number of hydrogen-bond acceptors (Lipinski definition) is 5. The van der Waals surface area contributed by atoms with E-state index in [0.29, 0.717) is 33.7 Å². The first-order valence-electron chi connectivity index (χ1n) is 10.2. The first kappa shape index (κ1) is 25.9. The van der Waals surface area contributed by atoms with Crippen molar-refractivity contribution in [3.63, 3.8) is 0 Å². The SMILES string of the molecule is CO.NCc1cccc(-c2cc(COc3ccccc3CC=O)cc(NCC(F)F)c2)c1F. The lowest BCUT2D eigenvalue weighted by Gasteiger charge is -2.15. The molecule has 0 aliphatic carbocycles. The number of aldehydes is 1. The van der Waals surface area contributed by atoms with Gasteiger partial charge in [-0.1, -0.05) is 36.4 Å². The Morgan fingerprint density at radius 3 is 2.48 bits per heavy atom. The van der Waals surface area contributed by atoms with Gasteiger partial charge in [0.2, 0.25) is 0 Å². The molecule has 0 bridgehead atoms. The minimum atomic E-state index is -2.53. The fourth-order valence-electron chi connectivity index (χ4n) is 3.25. The Labute approximate surface area is 191 Å². The van der Waals surface area contributed by atoms with Gasteiger partial charge in [0, 0.05) is 42.5 Å². The van der Waals surface area contributed by atoms with Crippen molar-refractivity contribution >= 4 is 12.0 Å². The third-order valence-corrected chi connectivity index (χ3v) is 4.73. The maximum Gasteiger partial charge on any atom is 0.255 e. The van der Waals surface area contributed by atoms with E-state index in [2.05, 4.69) is 5.32 Å². The number of nitrogens with one attached hydrogen (secondary N) is 1. The average molecular weight is 460 g/mol. The van der Waals surface area contributed by atoms with Gasteiger partial charge < -0.3 is 25.7 Å². The van der Waals surface area contributed by atoms with Crippen molar-refractivity contribution in [3.05, 3.63) is 83.2 Å². The lowest BCUT2D eigenvalue weighted by Crippen LogP contribution is -2.11. The van der Waals surface area contributed by atoms with Crippen molar-refractivity contribution < 1.29 is 27.8 Å². The van der Waals surface area contributed by atoms with Gasteiger partial charge >= 0.3 is 0 Å². The van der Waals surface area contributed by atoms with Crippen molar-refractivity contribution in [1.29, 1.82) is 0 Å². The average Bonchev–Trinajstić information content (AvgIpc) is 2.83. The maximum absolute atomic E-state index is 14.8. The molecule has 8 heteroatoms. The third-order valence-electron chi connectivity index (χ3n) is 4.73. The molecule has 0 saturated heterocycles. The highest BCUT2D eigenvalue weighted by molar-refractivity contribution is 5.70. The standard InChI is InChI=1S/C24H23F3N2O2.CH4O/c25-23(26)14-29-20-11-16(15-31-22-7-2-1-4-17(22)8-9-30)10-19(12-20)21-6-3-5-18(13-28)24(21)27;1-2/h1-7,9-12,23,29H,8,13-15,28H2;2H,1H3. The molecule has 3 aromatic rings. The van der Waals surface area contributed by atoms with E-state index in [0.717, 1.165) is 19.0 Å². The number of benzene rings is 3. The van der Waals surface area contributed by atoms with Crippen LogP contribution >= 0.6 is 0 Å². The fourth-order valence-corrected chi connectivity index (χ4v) is 3.25. The molecule has 0 amide bonds. The first-order valence-corrected chi connectivity index (χ1v) is 10.2. The van der Waals surface area contributed by atoms with Crippen LogP contribution in [-0.4, -0.2) is 31.5 Å². The second-order valence-electron chi connectivity index (χ2n) is 6.94. The molecule has 0 radical (unpaired) electrons. The normalized spacial score (nSPS) is 10.4. The van der Waals surface area contributed by atoms with Crippen molar-refractivity contribution in [2.75, 3.05) is 19.0 Å². The van der Waals surface area contributed by atoms with Crippen LogP contribution in [-0.2, 0) is 24.4 Å². The quantitative estimate of drug-likeness (QED) is 0.387. The summed E-state index contributed by atoms with van der Waals surface area (Å²) in [5, 5.41) is 9.67. The Morgan fingerprint density at radius 2 is 1.79 bits per heavy atom. The number of alkyl halides is 2. The molecule has 0 aliphatic heterocycles. The van der Waals surface area contributed by atoms with Gasteiger partial charge in [0.05, 0.1) is 6.54 Å². The number of halogens is 3. The van der Waals surface area contributed by atoms with Crippen LogP contribution in [0.5, 0.6) is 5.75 Å². The lowest BCUT2D eigenvalue weighted by molar-refractivity contribution is -0.107. The Hall–Kier alpha value is -3.36. The lowest BCUT2D eigenvalue weighted by atomic mass is 9.99. The number of carbonyl (C=O) groups is 1. The van der Waals surface area contributed by atoms with E-state index in [1.54, 1.807) is 54.6 Å². The molecule has 5 nitrogen and oxygen atoms in total. The molecule has 0 atom stereocenters. The Kier molecular flexibility index (Phi) is 10.4. The van der Waals surface area contributed by atoms with Gasteiger partial charge in [-0.3, -0.25) is 0 Å². The maximum atomic E-state index is 14.8. The number of nitrogens with two attached hydrogens (primary N) is 1. The fraction of sp³-hybridized carbons (Fsp3) is 0.240. The van der Waals surface area contributed by atoms with Gasteiger partial charge in [-0.15, -0.1) is 0 Å². The van der Waals surface area contributed by atoms with E-state index in [1.165, 1.54) is 0 Å². The van der Waals surface area contributed by atoms with Crippen LogP contribution < -0.4 is 15.8 Å². The summed E-state index contributed by atoms with van der Waals surface area (Å²) in [5.74, 6) is 0.109. The van der Waals surface area contributed by atoms with E-state index in [1.807, 2.05) is 6.07 Å². The van der Waals surface area contributed by atoms with Crippen LogP contribution in [0.4, 0.5) is 18.9 Å². The van der Waals surface area contributed by atoms with Gasteiger partial charge in [-0.2, -0.15) is 0 Å². The summed E-state index contributed by atoms with van der Waals surface area (Å²) in [7, 11) is 1.00. The first-order chi connectivity index (χ1) is 16.0. The summed E-state index contributed by atoms with van der Waals surface area (Å²) < 4.78 is 46.1. The zero-order chi connectivity index (χ0) is 24.2. The number of para-hydroxylation sites is 1. The number of ether oxygens (including phenoxy) is 1. The summed E-state index contributed by atoms with van der Waals surface area (Å²) in [5.41, 5.74) is 8.65. The minimum absolute atomic E-state index is 0.0481. The predicted molar refractivity (Wildman–Crippen MR) is 123 cm³/mol. The smallest absolute Gasteiger partial charge is 0.255 e. The van der Waals surface area contributed by atoms with E-state index < -0.39 is 18.8 Å². The summed E-state index contributed by atoms with van der Waals surface area (Å²) in [6.45, 7) is -0.366. The van der Waals surface area contributed by atoms with Crippen LogP contribution in [0, 0.1) is 5.82 Å². The second-order valence-corrected chi connectivity index (χ2v) is 6.94. The third kappa shape index (κ3) is 7.34. The molecule has 3 aromatic carbocycles. The number of hydrogen-bond donors (Lipinski definition) is 3. The largest absolute Gasteiger partial charge is 0.489 e. The van der Waals surface area contributed by atoms with E-state index in [4.69, 9.17) is 15.6 Å². The molecule has 0 unspecified atom stereocenters. The van der Waals surface area contributed by atoms with Crippen LogP contribution in [0.15, 0.2) is 60.7 Å². The van der Waals surface area contributed by atoms with Crippen LogP contribution in [0.1, 0.15) is 16.7 Å². The van der Waals surface area contributed by atoms with Crippen LogP contribution in [0.25, 0.3) is 11.1 Å². The molecule has 4 N–H and O–H groups in total. The Morgan fingerprint density at radius 1 is 1.06 bits per heavy atom. The van der Waals surface area contributed by atoms with Crippen LogP contribution in [0.2, 0.25) is 0 Å². The van der Waals surface area contributed by atoms with E-state index in [9.17, 15) is 18.0 Å². The van der Waals surface area contributed by atoms with Crippen molar-refractivity contribution in [2.45, 2.75) is 26.0 Å². The summed E-state index contributed by atoms with van der Waals surface area (Å²) in [4.78, 5) is 10.9. The molecule has 33 heavy (non-hydrogen) atoms. The molecule has 0 aromatic heterocycles. The van der Waals surface area contributed by atoms with Crippen molar-refractivity contribution in [2.24, 2.45) is 5.73 Å². The zero-order valence-corrected chi connectivity index (χ0v) is 18.2. The predicted octanol–water partition coefficient (Wildman–Crippen LogP) is 4.56. The summed E-state index contributed by atoms with van der Waals surface area (Å²) in [6, 6.07) is 17.1. The molecular formula is C25H27F3N2O3. The Balaban J connectivity index is 0.00000187. The van der Waals surface area contributed by atoms with Gasteiger partial charge in [0.25, 0.3) is 6.43 Å². The van der Waals surface area contributed by atoms with E-state index in [-0.39, 0.29) is 19.6 Å². The van der Waals surface area contributed by atoms with Gasteiger partial charge in [-0.05, 0) is 35.4 Å². The minimum Gasteiger partial charge on any atom is -0.489 e. The molecule has 0 heterocycles. The zero-order valence-electron chi connectivity index (χ0n) is 18.2. The highest BCUT2D eigenvalue weighted by Crippen LogP contribution is 2.30. The highest BCUT2D eigenvalue weighted by Gasteiger charge is 2.13. The molecule has 0 fully saturated rings. The number of anilines is 1. The summed E-state index contributed by atoms with van der Waals surface area (Å²) >= 11 is 0. The topological polar surface area (TPSA) is 84.6 Å². The second kappa shape index (κ2) is 13.2. The monoisotopic (exact) mass is 460 g/mol. The number of aliphatic hydroxyl groups excluding tert-OH is 1. The number of rotatable bonds is 10. The number of carbonyl (C=O) groups excluding carboxylic acids is 1.